The molecule has 0 bridgehead atoms. The highest BCUT2D eigenvalue weighted by molar-refractivity contribution is 9.10. The van der Waals surface area contributed by atoms with E-state index in [0.717, 1.165) is 22.9 Å². The molecule has 3 rings (SSSR count). The Kier molecular flexibility index (Phi) is 8.59. The Hall–Kier alpha value is -3.29. The van der Waals surface area contributed by atoms with Crippen LogP contribution in [0.4, 0.5) is 5.69 Å². The van der Waals surface area contributed by atoms with Gasteiger partial charge in [0.2, 0.25) is 11.8 Å². The van der Waals surface area contributed by atoms with Crippen LogP contribution in [0.25, 0.3) is 0 Å². The summed E-state index contributed by atoms with van der Waals surface area (Å²) in [6.45, 7) is 3.94. The molecule has 0 saturated carbocycles. The molecule has 2 aromatic carbocycles. The summed E-state index contributed by atoms with van der Waals surface area (Å²) in [6.07, 6.45) is 0. The van der Waals surface area contributed by atoms with Gasteiger partial charge in [-0.15, -0.1) is 0 Å². The van der Waals surface area contributed by atoms with Crippen molar-refractivity contribution in [3.63, 3.8) is 0 Å². The molecular weight excluding hydrogens is 534 g/mol. The summed E-state index contributed by atoms with van der Waals surface area (Å²) in [7, 11) is 2.71. The van der Waals surface area contributed by atoms with E-state index in [1.807, 2.05) is 32.0 Å². The van der Waals surface area contributed by atoms with Crippen LogP contribution in [-0.4, -0.2) is 37.8 Å². The van der Waals surface area contributed by atoms with E-state index in [2.05, 4.69) is 32.6 Å². The predicted molar refractivity (Wildman–Crippen MR) is 137 cm³/mol. The van der Waals surface area contributed by atoms with Crippen molar-refractivity contribution < 1.29 is 23.9 Å². The number of hydrogen-bond donors (Lipinski definition) is 2. The first-order valence-electron chi connectivity index (χ1n) is 10.6. The molecule has 0 aromatic heterocycles. The van der Waals surface area contributed by atoms with Crippen molar-refractivity contribution >= 4 is 51.2 Å². The fourth-order valence-corrected chi connectivity index (χ4v) is 5.12. The number of carbonyl (C=O) groups is 3. The summed E-state index contributed by atoms with van der Waals surface area (Å²) in [4.78, 5) is 38.1. The molecule has 2 N–H and O–H groups in total. The normalized spacial score (nSPS) is 17.3. The molecule has 1 aliphatic heterocycles. The Balaban J connectivity index is 1.91. The van der Waals surface area contributed by atoms with Crippen LogP contribution in [0.5, 0.6) is 5.75 Å². The van der Waals surface area contributed by atoms with Crippen LogP contribution in [0.15, 0.2) is 51.5 Å². The summed E-state index contributed by atoms with van der Waals surface area (Å²) < 4.78 is 10.7. The number of ether oxygens (including phenoxy) is 2. The molecule has 8 nitrogen and oxygen atoms in total. The van der Waals surface area contributed by atoms with Crippen molar-refractivity contribution in [3.8, 4) is 11.8 Å². The highest BCUT2D eigenvalue weighted by atomic mass is 79.9. The molecule has 0 aliphatic carbocycles. The van der Waals surface area contributed by atoms with Crippen LogP contribution >= 0.6 is 27.7 Å². The van der Waals surface area contributed by atoms with Gasteiger partial charge in [-0.05, 0) is 70.7 Å². The van der Waals surface area contributed by atoms with Crippen LogP contribution in [0.2, 0.25) is 0 Å². The third-order valence-corrected chi connectivity index (χ3v) is 7.29. The lowest BCUT2D eigenvalue weighted by Gasteiger charge is -2.31. The van der Waals surface area contributed by atoms with E-state index in [0.29, 0.717) is 21.5 Å². The van der Waals surface area contributed by atoms with Crippen LogP contribution in [0.1, 0.15) is 22.6 Å². The molecule has 0 fully saturated rings. The molecule has 1 heterocycles. The number of allylic oxidation sites excluding steroid dienone is 1. The Bertz CT molecular complexity index is 1250. The number of anilines is 1. The van der Waals surface area contributed by atoms with Gasteiger partial charge in [0.1, 0.15) is 11.7 Å². The largest absolute Gasteiger partial charge is 0.496 e. The number of benzene rings is 2. The zero-order chi connectivity index (χ0) is 25.7. The number of nitrogens with zero attached hydrogens (tertiary/aromatic N) is 1. The molecule has 2 atom stereocenters. The molecule has 2 amide bonds. The molecule has 10 heteroatoms. The SMILES string of the molecule is COC(=O)[C@H]1C(=O)NC(SCC(=O)Nc2ccc(C)c(C)c2)=C(C#N)[C@@H]1c1ccc(OC)c(Br)c1. The lowest BCUT2D eigenvalue weighted by atomic mass is 9.78. The van der Waals surface area contributed by atoms with Crippen molar-refractivity contribution in [1.29, 1.82) is 5.26 Å². The van der Waals surface area contributed by atoms with Gasteiger partial charge in [0.05, 0.1) is 41.1 Å². The van der Waals surface area contributed by atoms with E-state index in [-0.39, 0.29) is 22.3 Å². The first kappa shape index (κ1) is 26.3. The number of nitrogens with one attached hydrogen (secondary N) is 2. The Morgan fingerprint density at radius 2 is 1.91 bits per heavy atom. The van der Waals surface area contributed by atoms with Gasteiger partial charge in [0, 0.05) is 11.6 Å². The van der Waals surface area contributed by atoms with Crippen LogP contribution < -0.4 is 15.4 Å². The first-order valence-corrected chi connectivity index (χ1v) is 12.3. The van der Waals surface area contributed by atoms with Gasteiger partial charge < -0.3 is 20.1 Å². The molecule has 0 saturated heterocycles. The third kappa shape index (κ3) is 5.86. The van der Waals surface area contributed by atoms with Crippen LogP contribution in [0, 0.1) is 31.1 Å². The number of rotatable bonds is 7. The van der Waals surface area contributed by atoms with Crippen molar-refractivity contribution in [2.24, 2.45) is 5.92 Å². The third-order valence-electron chi connectivity index (χ3n) is 5.66. The molecule has 1 aliphatic rings. The van der Waals surface area contributed by atoms with Gasteiger partial charge >= 0.3 is 5.97 Å². The smallest absolute Gasteiger partial charge is 0.319 e. The molecule has 35 heavy (non-hydrogen) atoms. The molecule has 0 spiro atoms. The topological polar surface area (TPSA) is 118 Å². The van der Waals surface area contributed by atoms with Gasteiger partial charge in [0.15, 0.2) is 0 Å². The highest BCUT2D eigenvalue weighted by Crippen LogP contribution is 2.42. The molecule has 0 radical (unpaired) electrons. The van der Waals surface area contributed by atoms with E-state index in [9.17, 15) is 19.6 Å². The fraction of sp³-hybridized carbons (Fsp3) is 0.280. The second-order valence-electron chi connectivity index (χ2n) is 7.85. The number of aryl methyl sites for hydroxylation is 2. The molecule has 2 aromatic rings. The number of halogens is 1. The minimum Gasteiger partial charge on any atom is -0.496 e. The summed E-state index contributed by atoms with van der Waals surface area (Å²) in [5.74, 6) is -3.30. The number of carbonyl (C=O) groups excluding carboxylic acids is 3. The molecule has 0 unspecified atom stereocenters. The Morgan fingerprint density at radius 3 is 2.51 bits per heavy atom. The van der Waals surface area contributed by atoms with Crippen molar-refractivity contribution in [2.75, 3.05) is 25.3 Å². The maximum Gasteiger partial charge on any atom is 0.319 e. The summed E-state index contributed by atoms with van der Waals surface area (Å²) >= 11 is 4.44. The zero-order valence-corrected chi connectivity index (χ0v) is 22.0. The van der Waals surface area contributed by atoms with Crippen LogP contribution in [-0.2, 0) is 19.1 Å². The van der Waals surface area contributed by atoms with Gasteiger partial charge in [-0.25, -0.2) is 0 Å². The van der Waals surface area contributed by atoms with E-state index in [4.69, 9.17) is 9.47 Å². The highest BCUT2D eigenvalue weighted by Gasteiger charge is 2.44. The van der Waals surface area contributed by atoms with Crippen LogP contribution in [0.3, 0.4) is 0 Å². The second kappa shape index (κ2) is 11.4. The summed E-state index contributed by atoms with van der Waals surface area (Å²) in [6, 6.07) is 12.8. The minimum absolute atomic E-state index is 0.0460. The predicted octanol–water partition coefficient (Wildman–Crippen LogP) is 4.18. The fourth-order valence-electron chi connectivity index (χ4n) is 3.71. The van der Waals surface area contributed by atoms with Crippen molar-refractivity contribution in [2.45, 2.75) is 19.8 Å². The number of amides is 2. The zero-order valence-electron chi connectivity index (χ0n) is 19.6. The first-order chi connectivity index (χ1) is 16.7. The van der Waals surface area contributed by atoms with Gasteiger partial charge in [-0.3, -0.25) is 14.4 Å². The van der Waals surface area contributed by atoms with E-state index in [1.165, 1.54) is 14.2 Å². The minimum atomic E-state index is -1.26. The van der Waals surface area contributed by atoms with Crippen molar-refractivity contribution in [3.05, 3.63) is 68.2 Å². The number of hydrogen-bond acceptors (Lipinski definition) is 7. The number of esters is 1. The average Bonchev–Trinajstić information content (AvgIpc) is 2.84. The lowest BCUT2D eigenvalue weighted by Crippen LogP contribution is -2.44. The Labute approximate surface area is 216 Å². The lowest BCUT2D eigenvalue weighted by molar-refractivity contribution is -0.150. The second-order valence-corrected chi connectivity index (χ2v) is 9.69. The van der Waals surface area contributed by atoms with E-state index < -0.39 is 23.7 Å². The number of thioether (sulfide) groups is 1. The maximum absolute atomic E-state index is 13.0. The van der Waals surface area contributed by atoms with Gasteiger partial charge in [0.25, 0.3) is 0 Å². The van der Waals surface area contributed by atoms with Gasteiger partial charge in [-0.2, -0.15) is 5.26 Å². The average molecular weight is 558 g/mol. The van der Waals surface area contributed by atoms with E-state index in [1.54, 1.807) is 18.2 Å². The summed E-state index contributed by atoms with van der Waals surface area (Å²) in [5.41, 5.74) is 3.54. The monoisotopic (exact) mass is 557 g/mol. The summed E-state index contributed by atoms with van der Waals surface area (Å²) in [5, 5.41) is 15.7. The van der Waals surface area contributed by atoms with E-state index >= 15 is 0 Å². The maximum atomic E-state index is 13.0. The van der Waals surface area contributed by atoms with Crippen molar-refractivity contribution in [1.82, 2.24) is 5.32 Å². The molecule has 182 valence electrons. The number of methoxy groups -OCH3 is 2. The standard InChI is InChI=1S/C25H24BrN3O5S/c1-13-5-7-16(9-14(13)2)28-20(30)12-35-24-17(11-27)21(22(23(31)29-24)25(32)34-4)15-6-8-19(33-3)18(26)10-15/h5-10,21-22H,12H2,1-4H3,(H,28,30)(H,29,31)/t21-,22+/m0/s1. The molecular formula is C25H24BrN3O5S. The quantitative estimate of drug-likeness (QED) is 0.387. The van der Waals surface area contributed by atoms with Gasteiger partial charge in [-0.1, -0.05) is 23.9 Å². The number of nitriles is 1. The Morgan fingerprint density at radius 1 is 1.17 bits per heavy atom.